The fraction of sp³-hybridized carbons (Fsp3) is 0.375. The largest absolute Gasteiger partial charge is 0.493 e. The highest BCUT2D eigenvalue weighted by Gasteiger charge is 2.16. The number of aromatic nitrogens is 2. The number of imidazole rings is 1. The molecule has 2 N–H and O–H groups in total. The average molecular weight is 303 g/mol. The summed E-state index contributed by atoms with van der Waals surface area (Å²) in [6.45, 7) is 3.76. The molecule has 1 amide bonds. The molecule has 6 heteroatoms. The van der Waals surface area contributed by atoms with Crippen LogP contribution in [0.3, 0.4) is 0 Å². The second kappa shape index (κ2) is 6.98. The second-order valence-electron chi connectivity index (χ2n) is 5.20. The van der Waals surface area contributed by atoms with Crippen molar-refractivity contribution in [3.8, 4) is 11.5 Å². The molecule has 2 aromatic rings. The van der Waals surface area contributed by atoms with E-state index >= 15 is 0 Å². The number of anilines is 1. The van der Waals surface area contributed by atoms with E-state index < -0.39 is 0 Å². The summed E-state index contributed by atoms with van der Waals surface area (Å²) in [6, 6.07) is 5.66. The standard InChI is InChI=1S/C16H21N3O3/c1-10(15(20)19-16-17-9-11(2)18-16)7-12-5-6-13(21-3)14(8-12)22-4/h5-6,8-10H,7H2,1-4H3,(H2,17,18,19,20). The molecule has 22 heavy (non-hydrogen) atoms. The van der Waals surface area contributed by atoms with Crippen molar-refractivity contribution in [2.75, 3.05) is 19.5 Å². The Hall–Kier alpha value is -2.50. The highest BCUT2D eigenvalue weighted by atomic mass is 16.5. The number of amides is 1. The molecule has 0 radical (unpaired) electrons. The summed E-state index contributed by atoms with van der Waals surface area (Å²) in [5, 5.41) is 2.77. The number of ether oxygens (including phenoxy) is 2. The number of nitrogens with zero attached hydrogens (tertiary/aromatic N) is 1. The van der Waals surface area contributed by atoms with Gasteiger partial charge >= 0.3 is 0 Å². The lowest BCUT2D eigenvalue weighted by Gasteiger charge is -2.13. The molecule has 118 valence electrons. The number of carbonyl (C=O) groups excluding carboxylic acids is 1. The van der Waals surface area contributed by atoms with Crippen LogP contribution in [0.5, 0.6) is 11.5 Å². The molecule has 1 aromatic carbocycles. The number of hydrogen-bond acceptors (Lipinski definition) is 4. The van der Waals surface area contributed by atoms with E-state index in [-0.39, 0.29) is 11.8 Å². The van der Waals surface area contributed by atoms with Crippen molar-refractivity contribution in [3.05, 3.63) is 35.7 Å². The SMILES string of the molecule is COc1ccc(CC(C)C(=O)Nc2ncc(C)[nH]2)cc1OC. The molecule has 0 bridgehead atoms. The van der Waals surface area contributed by atoms with Crippen LogP contribution in [0.1, 0.15) is 18.2 Å². The van der Waals surface area contributed by atoms with E-state index in [1.54, 1.807) is 20.4 Å². The van der Waals surface area contributed by atoms with Crippen LogP contribution in [0, 0.1) is 12.8 Å². The number of methoxy groups -OCH3 is 2. The summed E-state index contributed by atoms with van der Waals surface area (Å²) in [7, 11) is 3.19. The molecule has 6 nitrogen and oxygen atoms in total. The number of H-pyrrole nitrogens is 1. The minimum Gasteiger partial charge on any atom is -0.493 e. The van der Waals surface area contributed by atoms with Gasteiger partial charge in [0.25, 0.3) is 0 Å². The van der Waals surface area contributed by atoms with E-state index in [2.05, 4.69) is 15.3 Å². The Morgan fingerprint density at radius 2 is 2.05 bits per heavy atom. The first-order valence-corrected chi connectivity index (χ1v) is 7.07. The predicted octanol–water partition coefficient (Wildman–Crippen LogP) is 2.55. The molecule has 0 fully saturated rings. The topological polar surface area (TPSA) is 76.2 Å². The smallest absolute Gasteiger partial charge is 0.229 e. The Kier molecular flexibility index (Phi) is 5.04. The molecule has 0 aliphatic heterocycles. The van der Waals surface area contributed by atoms with Crippen LogP contribution in [0.15, 0.2) is 24.4 Å². The third kappa shape index (κ3) is 3.78. The van der Waals surface area contributed by atoms with Gasteiger partial charge in [-0.1, -0.05) is 13.0 Å². The second-order valence-corrected chi connectivity index (χ2v) is 5.20. The number of aromatic amines is 1. The van der Waals surface area contributed by atoms with Crippen molar-refractivity contribution in [1.82, 2.24) is 9.97 Å². The minimum absolute atomic E-state index is 0.0795. The van der Waals surface area contributed by atoms with Crippen LogP contribution >= 0.6 is 0 Å². The van der Waals surface area contributed by atoms with Crippen LogP contribution < -0.4 is 14.8 Å². The van der Waals surface area contributed by atoms with Gasteiger partial charge in [-0.25, -0.2) is 4.98 Å². The van der Waals surface area contributed by atoms with Gasteiger partial charge in [0.2, 0.25) is 11.9 Å². The molecule has 1 unspecified atom stereocenters. The van der Waals surface area contributed by atoms with Gasteiger partial charge in [0.1, 0.15) is 0 Å². The first-order valence-electron chi connectivity index (χ1n) is 7.07. The van der Waals surface area contributed by atoms with Gasteiger partial charge in [0.05, 0.1) is 14.2 Å². The Morgan fingerprint density at radius 3 is 2.64 bits per heavy atom. The number of benzene rings is 1. The zero-order valence-corrected chi connectivity index (χ0v) is 13.3. The monoisotopic (exact) mass is 303 g/mol. The average Bonchev–Trinajstić information content (AvgIpc) is 2.92. The first kappa shape index (κ1) is 15.9. The molecular weight excluding hydrogens is 282 g/mol. The van der Waals surface area contributed by atoms with Gasteiger partial charge in [0.15, 0.2) is 11.5 Å². The van der Waals surface area contributed by atoms with Crippen molar-refractivity contribution in [2.45, 2.75) is 20.3 Å². The van der Waals surface area contributed by atoms with E-state index in [4.69, 9.17) is 9.47 Å². The molecule has 1 aromatic heterocycles. The molecule has 0 aliphatic rings. The van der Waals surface area contributed by atoms with Gasteiger partial charge in [-0.3, -0.25) is 10.1 Å². The third-order valence-electron chi connectivity index (χ3n) is 3.38. The maximum absolute atomic E-state index is 12.2. The van der Waals surface area contributed by atoms with Crippen LogP contribution in [0.4, 0.5) is 5.95 Å². The van der Waals surface area contributed by atoms with Crippen molar-refractivity contribution in [2.24, 2.45) is 5.92 Å². The van der Waals surface area contributed by atoms with Crippen LogP contribution in [0.25, 0.3) is 0 Å². The summed E-state index contributed by atoms with van der Waals surface area (Å²) < 4.78 is 10.5. The quantitative estimate of drug-likeness (QED) is 0.860. The van der Waals surface area contributed by atoms with Gasteiger partial charge in [-0.2, -0.15) is 0 Å². The number of nitrogens with one attached hydrogen (secondary N) is 2. The summed E-state index contributed by atoms with van der Waals surface area (Å²) in [4.78, 5) is 19.2. The third-order valence-corrected chi connectivity index (χ3v) is 3.38. The Balaban J connectivity index is 2.01. The molecule has 0 saturated heterocycles. The Bertz CT molecular complexity index is 652. The number of carbonyl (C=O) groups is 1. The normalized spacial score (nSPS) is 11.8. The van der Waals surface area contributed by atoms with Gasteiger partial charge in [-0.15, -0.1) is 0 Å². The van der Waals surface area contributed by atoms with E-state index in [1.807, 2.05) is 32.0 Å². The lowest BCUT2D eigenvalue weighted by atomic mass is 10.00. The van der Waals surface area contributed by atoms with Crippen molar-refractivity contribution >= 4 is 11.9 Å². The molecule has 0 spiro atoms. The zero-order chi connectivity index (χ0) is 16.1. The van der Waals surface area contributed by atoms with Gasteiger partial charge in [0, 0.05) is 17.8 Å². The van der Waals surface area contributed by atoms with Crippen molar-refractivity contribution in [1.29, 1.82) is 0 Å². The minimum atomic E-state index is -0.191. The summed E-state index contributed by atoms with van der Waals surface area (Å²) in [5.41, 5.74) is 1.92. The predicted molar refractivity (Wildman–Crippen MR) is 84.4 cm³/mol. The maximum atomic E-state index is 12.2. The van der Waals surface area contributed by atoms with E-state index in [0.29, 0.717) is 23.9 Å². The number of aryl methyl sites for hydroxylation is 1. The lowest BCUT2D eigenvalue weighted by molar-refractivity contribution is -0.119. The molecule has 2 rings (SSSR count). The van der Waals surface area contributed by atoms with Crippen molar-refractivity contribution in [3.63, 3.8) is 0 Å². The number of hydrogen-bond donors (Lipinski definition) is 2. The van der Waals surface area contributed by atoms with Crippen LogP contribution in [-0.4, -0.2) is 30.1 Å². The van der Waals surface area contributed by atoms with Crippen molar-refractivity contribution < 1.29 is 14.3 Å². The van der Waals surface area contributed by atoms with E-state index in [1.165, 1.54) is 0 Å². The fourth-order valence-corrected chi connectivity index (χ4v) is 2.17. The molecule has 1 atom stereocenters. The Labute approximate surface area is 129 Å². The van der Waals surface area contributed by atoms with Gasteiger partial charge < -0.3 is 14.5 Å². The number of rotatable bonds is 6. The van der Waals surface area contributed by atoms with E-state index in [0.717, 1.165) is 11.3 Å². The molecule has 1 heterocycles. The summed E-state index contributed by atoms with van der Waals surface area (Å²) in [6.07, 6.45) is 2.28. The van der Waals surface area contributed by atoms with Crippen LogP contribution in [-0.2, 0) is 11.2 Å². The summed E-state index contributed by atoms with van der Waals surface area (Å²) >= 11 is 0. The molecule has 0 saturated carbocycles. The summed E-state index contributed by atoms with van der Waals surface area (Å²) in [5.74, 6) is 1.54. The lowest BCUT2D eigenvalue weighted by Crippen LogP contribution is -2.22. The molecular formula is C16H21N3O3. The maximum Gasteiger partial charge on any atom is 0.229 e. The highest BCUT2D eigenvalue weighted by Crippen LogP contribution is 2.28. The van der Waals surface area contributed by atoms with Gasteiger partial charge in [-0.05, 0) is 31.0 Å². The first-order chi connectivity index (χ1) is 10.5. The zero-order valence-electron chi connectivity index (χ0n) is 13.3. The van der Waals surface area contributed by atoms with E-state index in [9.17, 15) is 4.79 Å². The fourth-order valence-electron chi connectivity index (χ4n) is 2.17. The van der Waals surface area contributed by atoms with Crippen LogP contribution in [0.2, 0.25) is 0 Å². The molecule has 0 aliphatic carbocycles. The highest BCUT2D eigenvalue weighted by molar-refractivity contribution is 5.90. The Morgan fingerprint density at radius 1 is 1.32 bits per heavy atom.